The zero-order chi connectivity index (χ0) is 14.8. The summed E-state index contributed by atoms with van der Waals surface area (Å²) in [7, 11) is -3.73. The van der Waals surface area contributed by atoms with Gasteiger partial charge in [-0.2, -0.15) is 0 Å². The molecule has 1 aliphatic carbocycles. The Balaban J connectivity index is 2.24. The first kappa shape index (κ1) is 15.4. The van der Waals surface area contributed by atoms with Gasteiger partial charge in [-0.1, -0.05) is 25.3 Å². The summed E-state index contributed by atoms with van der Waals surface area (Å²) in [5.74, 6) is -0.555. The highest BCUT2D eigenvalue weighted by Gasteiger charge is 2.27. The van der Waals surface area contributed by atoms with Gasteiger partial charge in [0.2, 0.25) is 10.0 Å². The van der Waals surface area contributed by atoms with Gasteiger partial charge in [0, 0.05) is 12.1 Å². The summed E-state index contributed by atoms with van der Waals surface area (Å²) in [6.07, 6.45) is 4.61. The topological polar surface area (TPSA) is 72.2 Å². The average molecular weight is 300 g/mol. The lowest BCUT2D eigenvalue weighted by Gasteiger charge is -2.23. The molecule has 0 bridgehead atoms. The minimum absolute atomic E-state index is 0.00560. The predicted octanol–water partition coefficient (Wildman–Crippen LogP) is 2.07. The third-order valence-electron chi connectivity index (χ3n) is 3.82. The van der Waals surface area contributed by atoms with E-state index in [0.717, 1.165) is 38.2 Å². The van der Waals surface area contributed by atoms with E-state index in [1.54, 1.807) is 6.92 Å². The summed E-state index contributed by atoms with van der Waals surface area (Å²) in [5, 5.41) is 0. The van der Waals surface area contributed by atoms with Crippen molar-refractivity contribution in [2.45, 2.75) is 56.0 Å². The van der Waals surface area contributed by atoms with Gasteiger partial charge < -0.3 is 5.73 Å². The third kappa shape index (κ3) is 3.56. The van der Waals surface area contributed by atoms with E-state index in [-0.39, 0.29) is 17.0 Å². The van der Waals surface area contributed by atoms with Crippen LogP contribution in [0.5, 0.6) is 0 Å². The summed E-state index contributed by atoms with van der Waals surface area (Å²) in [6, 6.07) is 3.33. The first-order chi connectivity index (χ1) is 9.40. The Morgan fingerprint density at radius 3 is 2.70 bits per heavy atom. The molecule has 1 aromatic rings. The van der Waals surface area contributed by atoms with Crippen molar-refractivity contribution in [1.82, 2.24) is 4.72 Å². The van der Waals surface area contributed by atoms with E-state index < -0.39 is 15.8 Å². The van der Waals surface area contributed by atoms with Crippen LogP contribution in [-0.2, 0) is 10.0 Å². The van der Waals surface area contributed by atoms with E-state index in [9.17, 15) is 12.8 Å². The van der Waals surface area contributed by atoms with Gasteiger partial charge in [0.25, 0.3) is 0 Å². The highest BCUT2D eigenvalue weighted by Crippen LogP contribution is 2.21. The van der Waals surface area contributed by atoms with E-state index in [2.05, 4.69) is 4.72 Å². The summed E-state index contributed by atoms with van der Waals surface area (Å²) in [6.45, 7) is 1.65. The number of aryl methyl sites for hydroxylation is 1. The fraction of sp³-hybridized carbons (Fsp3) is 0.571. The van der Waals surface area contributed by atoms with E-state index in [0.29, 0.717) is 5.56 Å². The van der Waals surface area contributed by atoms with Crippen LogP contribution >= 0.6 is 0 Å². The molecule has 6 heteroatoms. The van der Waals surface area contributed by atoms with Gasteiger partial charge >= 0.3 is 0 Å². The molecule has 1 fully saturated rings. The smallest absolute Gasteiger partial charge is 0.241 e. The fourth-order valence-electron chi connectivity index (χ4n) is 2.61. The van der Waals surface area contributed by atoms with Crippen LogP contribution in [0.25, 0.3) is 0 Å². The van der Waals surface area contributed by atoms with Gasteiger partial charge in [0.05, 0.1) is 4.90 Å². The predicted molar refractivity (Wildman–Crippen MR) is 76.3 cm³/mol. The Labute approximate surface area is 119 Å². The number of rotatable bonds is 3. The van der Waals surface area contributed by atoms with E-state index >= 15 is 0 Å². The van der Waals surface area contributed by atoms with Crippen LogP contribution in [0.3, 0.4) is 0 Å². The first-order valence-electron chi connectivity index (χ1n) is 6.94. The molecule has 20 heavy (non-hydrogen) atoms. The number of halogens is 1. The van der Waals surface area contributed by atoms with E-state index in [1.165, 1.54) is 12.1 Å². The van der Waals surface area contributed by atoms with Crippen molar-refractivity contribution < 1.29 is 12.8 Å². The highest BCUT2D eigenvalue weighted by atomic mass is 32.2. The molecule has 1 saturated carbocycles. The second kappa shape index (κ2) is 6.20. The van der Waals surface area contributed by atoms with Crippen molar-refractivity contribution in [3.05, 3.63) is 29.6 Å². The van der Waals surface area contributed by atoms with Crippen molar-refractivity contribution in [3.63, 3.8) is 0 Å². The molecule has 0 aromatic heterocycles. The average Bonchev–Trinajstić information content (AvgIpc) is 2.57. The van der Waals surface area contributed by atoms with Crippen LogP contribution in [0, 0.1) is 12.7 Å². The second-order valence-electron chi connectivity index (χ2n) is 5.44. The minimum Gasteiger partial charge on any atom is -0.326 e. The molecule has 3 N–H and O–H groups in total. The maximum absolute atomic E-state index is 13.3. The number of hydrogen-bond acceptors (Lipinski definition) is 3. The van der Waals surface area contributed by atoms with Crippen molar-refractivity contribution >= 4 is 10.0 Å². The lowest BCUT2D eigenvalue weighted by Crippen LogP contribution is -2.46. The summed E-state index contributed by atoms with van der Waals surface area (Å²) >= 11 is 0. The van der Waals surface area contributed by atoms with Crippen LogP contribution in [-0.4, -0.2) is 20.5 Å². The van der Waals surface area contributed by atoms with Gasteiger partial charge in [0.15, 0.2) is 0 Å². The van der Waals surface area contributed by atoms with Crippen molar-refractivity contribution in [3.8, 4) is 0 Å². The lowest BCUT2D eigenvalue weighted by atomic mass is 10.1. The van der Waals surface area contributed by atoms with E-state index in [1.807, 2.05) is 0 Å². The van der Waals surface area contributed by atoms with Gasteiger partial charge in [-0.3, -0.25) is 0 Å². The SMILES string of the molecule is Cc1ccc(F)cc1S(=O)(=O)NC1CCCCCC1N. The number of benzene rings is 1. The molecule has 0 spiro atoms. The molecule has 112 valence electrons. The molecular formula is C14H21FN2O2S. The maximum atomic E-state index is 13.3. The normalized spacial score (nSPS) is 24.4. The molecule has 2 atom stereocenters. The molecule has 2 rings (SSSR count). The molecule has 0 saturated heterocycles. The zero-order valence-electron chi connectivity index (χ0n) is 11.6. The molecule has 0 radical (unpaired) electrons. The molecule has 0 amide bonds. The fourth-order valence-corrected chi connectivity index (χ4v) is 4.19. The highest BCUT2D eigenvalue weighted by molar-refractivity contribution is 7.89. The summed E-state index contributed by atoms with van der Waals surface area (Å²) in [4.78, 5) is -0.00560. The molecule has 0 aliphatic heterocycles. The largest absolute Gasteiger partial charge is 0.326 e. The summed E-state index contributed by atoms with van der Waals surface area (Å²) < 4.78 is 40.7. The van der Waals surface area contributed by atoms with Crippen LogP contribution in [0.15, 0.2) is 23.1 Å². The zero-order valence-corrected chi connectivity index (χ0v) is 12.4. The number of nitrogens with one attached hydrogen (secondary N) is 1. The minimum atomic E-state index is -3.73. The monoisotopic (exact) mass is 300 g/mol. The maximum Gasteiger partial charge on any atom is 0.241 e. The Kier molecular flexibility index (Phi) is 4.78. The lowest BCUT2D eigenvalue weighted by molar-refractivity contribution is 0.456. The number of hydrogen-bond donors (Lipinski definition) is 2. The van der Waals surface area contributed by atoms with Crippen LogP contribution in [0.2, 0.25) is 0 Å². The Morgan fingerprint density at radius 1 is 1.25 bits per heavy atom. The number of nitrogens with two attached hydrogens (primary N) is 1. The summed E-state index contributed by atoms with van der Waals surface area (Å²) in [5.41, 5.74) is 6.56. The Bertz CT molecular complexity index is 575. The molecular weight excluding hydrogens is 279 g/mol. The van der Waals surface area contributed by atoms with Gasteiger partial charge in [0.1, 0.15) is 5.82 Å². The standard InChI is InChI=1S/C14H21FN2O2S/c1-10-7-8-11(15)9-14(10)20(18,19)17-13-6-4-2-3-5-12(13)16/h7-9,12-13,17H,2-6,16H2,1H3. The molecule has 4 nitrogen and oxygen atoms in total. The molecule has 0 heterocycles. The quantitative estimate of drug-likeness (QED) is 0.839. The first-order valence-corrected chi connectivity index (χ1v) is 8.42. The van der Waals surface area contributed by atoms with E-state index in [4.69, 9.17) is 5.73 Å². The third-order valence-corrected chi connectivity index (χ3v) is 5.45. The van der Waals surface area contributed by atoms with Crippen molar-refractivity contribution in [2.24, 2.45) is 5.73 Å². The molecule has 1 aromatic carbocycles. The van der Waals surface area contributed by atoms with Crippen molar-refractivity contribution in [2.75, 3.05) is 0 Å². The van der Waals surface area contributed by atoms with Gasteiger partial charge in [-0.05, 0) is 37.5 Å². The number of sulfonamides is 1. The molecule has 1 aliphatic rings. The van der Waals surface area contributed by atoms with Crippen LogP contribution < -0.4 is 10.5 Å². The van der Waals surface area contributed by atoms with Crippen LogP contribution in [0.1, 0.15) is 37.7 Å². The Hall–Kier alpha value is -0.980. The van der Waals surface area contributed by atoms with Gasteiger partial charge in [-0.15, -0.1) is 0 Å². The molecule has 2 unspecified atom stereocenters. The van der Waals surface area contributed by atoms with Crippen LogP contribution in [0.4, 0.5) is 4.39 Å². The van der Waals surface area contributed by atoms with Crippen molar-refractivity contribution in [1.29, 1.82) is 0 Å². The second-order valence-corrected chi connectivity index (χ2v) is 7.12. The Morgan fingerprint density at radius 2 is 1.95 bits per heavy atom. The van der Waals surface area contributed by atoms with Gasteiger partial charge in [-0.25, -0.2) is 17.5 Å².